The average Bonchev–Trinajstić information content (AvgIpc) is 2.63. The van der Waals surface area contributed by atoms with Crippen LogP contribution in [0.4, 0.5) is 8.78 Å². The number of alkyl halides is 2. The third-order valence-electron chi connectivity index (χ3n) is 3.07. The van der Waals surface area contributed by atoms with Gasteiger partial charge in [0, 0.05) is 24.8 Å². The van der Waals surface area contributed by atoms with Crippen molar-refractivity contribution in [2.45, 2.75) is 33.2 Å². The Balaban J connectivity index is 2.78. The maximum absolute atomic E-state index is 12.7. The van der Waals surface area contributed by atoms with Crippen molar-refractivity contribution < 1.29 is 23.5 Å². The summed E-state index contributed by atoms with van der Waals surface area (Å²) in [5.74, 6) is -1.33. The Kier molecular flexibility index (Phi) is 5.18. The Hall–Kier alpha value is -1.99. The summed E-state index contributed by atoms with van der Waals surface area (Å²) in [6, 6.07) is 0. The van der Waals surface area contributed by atoms with E-state index in [-0.39, 0.29) is 31.0 Å². The molecule has 0 bridgehead atoms. The lowest BCUT2D eigenvalue weighted by Crippen LogP contribution is -2.30. The molecule has 1 N–H and O–H groups in total. The van der Waals surface area contributed by atoms with Crippen molar-refractivity contribution in [1.29, 1.82) is 0 Å². The molecule has 0 radical (unpaired) electrons. The predicted octanol–water partition coefficient (Wildman–Crippen LogP) is 1.37. The van der Waals surface area contributed by atoms with Gasteiger partial charge in [0.15, 0.2) is 0 Å². The minimum atomic E-state index is -2.75. The molecular formula is C12H17F2N3O3. The maximum atomic E-state index is 12.7. The lowest BCUT2D eigenvalue weighted by Gasteiger charge is -2.16. The number of likely N-dealkylation sites (N-methyl/N-ethyl adjacent to an activating group) is 1. The minimum absolute atomic E-state index is 0.0689. The standard InChI is InChI=1S/C12H17F2N3O3/c1-7-9(8(2)17(15-7)12(13)14)6-10(18)16(3)5-4-11(19)20/h12H,4-6H2,1-3H3,(H,19,20). The van der Waals surface area contributed by atoms with Gasteiger partial charge in [0.25, 0.3) is 0 Å². The Bertz CT molecular complexity index is 514. The van der Waals surface area contributed by atoms with Gasteiger partial charge in [-0.25, -0.2) is 4.68 Å². The summed E-state index contributed by atoms with van der Waals surface area (Å²) in [6.45, 7) is 0.370. The van der Waals surface area contributed by atoms with E-state index in [1.54, 1.807) is 6.92 Å². The van der Waals surface area contributed by atoms with Crippen molar-refractivity contribution in [3.63, 3.8) is 0 Å². The molecule has 0 fully saturated rings. The summed E-state index contributed by atoms with van der Waals surface area (Å²) in [7, 11) is 1.48. The number of aromatic nitrogens is 2. The number of carboxylic acids is 1. The molecule has 0 aliphatic rings. The topological polar surface area (TPSA) is 75.4 Å². The molecule has 1 heterocycles. The van der Waals surface area contributed by atoms with Crippen LogP contribution in [0.25, 0.3) is 0 Å². The van der Waals surface area contributed by atoms with Crippen LogP contribution in [-0.2, 0) is 16.0 Å². The number of rotatable bonds is 6. The van der Waals surface area contributed by atoms with Crippen LogP contribution in [-0.4, -0.2) is 45.3 Å². The van der Waals surface area contributed by atoms with Gasteiger partial charge < -0.3 is 10.0 Å². The molecule has 0 saturated carbocycles. The Morgan fingerprint density at radius 1 is 1.40 bits per heavy atom. The van der Waals surface area contributed by atoms with Crippen molar-refractivity contribution in [3.8, 4) is 0 Å². The summed E-state index contributed by atoms with van der Waals surface area (Å²) in [4.78, 5) is 23.6. The van der Waals surface area contributed by atoms with Gasteiger partial charge in [0.1, 0.15) is 0 Å². The van der Waals surface area contributed by atoms with Crippen molar-refractivity contribution >= 4 is 11.9 Å². The first kappa shape index (κ1) is 16.1. The van der Waals surface area contributed by atoms with Gasteiger partial charge in [-0.3, -0.25) is 9.59 Å². The first-order valence-corrected chi connectivity index (χ1v) is 6.02. The van der Waals surface area contributed by atoms with Crippen molar-refractivity contribution in [1.82, 2.24) is 14.7 Å². The SMILES string of the molecule is Cc1nn(C(F)F)c(C)c1CC(=O)N(C)CCC(=O)O. The summed E-state index contributed by atoms with van der Waals surface area (Å²) >= 11 is 0. The Morgan fingerprint density at radius 2 is 2.00 bits per heavy atom. The summed E-state index contributed by atoms with van der Waals surface area (Å²) in [5, 5.41) is 12.2. The molecule has 6 nitrogen and oxygen atoms in total. The highest BCUT2D eigenvalue weighted by atomic mass is 19.3. The van der Waals surface area contributed by atoms with Crippen LogP contribution in [0.1, 0.15) is 29.9 Å². The molecule has 1 aromatic rings. The van der Waals surface area contributed by atoms with E-state index in [2.05, 4.69) is 5.10 Å². The zero-order valence-electron chi connectivity index (χ0n) is 11.6. The lowest BCUT2D eigenvalue weighted by molar-refractivity contribution is -0.138. The number of aryl methyl sites for hydroxylation is 1. The number of aliphatic carboxylic acids is 1. The van der Waals surface area contributed by atoms with Gasteiger partial charge in [-0.1, -0.05) is 0 Å². The van der Waals surface area contributed by atoms with Crippen molar-refractivity contribution in [2.75, 3.05) is 13.6 Å². The summed E-state index contributed by atoms with van der Waals surface area (Å²) in [5.41, 5.74) is 1.08. The van der Waals surface area contributed by atoms with E-state index in [0.29, 0.717) is 15.9 Å². The highest BCUT2D eigenvalue weighted by molar-refractivity contribution is 5.79. The van der Waals surface area contributed by atoms with Gasteiger partial charge >= 0.3 is 12.5 Å². The quantitative estimate of drug-likeness (QED) is 0.858. The molecule has 1 rings (SSSR count). The number of hydrogen-bond donors (Lipinski definition) is 1. The second kappa shape index (κ2) is 6.44. The third kappa shape index (κ3) is 3.75. The highest BCUT2D eigenvalue weighted by Crippen LogP contribution is 2.20. The molecule has 0 unspecified atom stereocenters. The van der Waals surface area contributed by atoms with E-state index < -0.39 is 12.5 Å². The van der Waals surface area contributed by atoms with Gasteiger partial charge in [0.05, 0.1) is 18.5 Å². The van der Waals surface area contributed by atoms with Gasteiger partial charge in [-0.15, -0.1) is 0 Å². The fourth-order valence-corrected chi connectivity index (χ4v) is 1.82. The van der Waals surface area contributed by atoms with Gasteiger partial charge in [0.2, 0.25) is 5.91 Å². The zero-order chi connectivity index (χ0) is 15.4. The van der Waals surface area contributed by atoms with Crippen LogP contribution in [0.2, 0.25) is 0 Å². The Labute approximate surface area is 115 Å². The number of carbonyl (C=O) groups is 2. The van der Waals surface area contributed by atoms with Crippen LogP contribution in [0.15, 0.2) is 0 Å². The maximum Gasteiger partial charge on any atom is 0.333 e. The predicted molar refractivity (Wildman–Crippen MR) is 66.5 cm³/mol. The van der Waals surface area contributed by atoms with E-state index in [1.165, 1.54) is 18.9 Å². The zero-order valence-corrected chi connectivity index (χ0v) is 11.6. The molecule has 1 aromatic heterocycles. The van der Waals surface area contributed by atoms with Crippen LogP contribution >= 0.6 is 0 Å². The van der Waals surface area contributed by atoms with Crippen molar-refractivity contribution in [3.05, 3.63) is 17.0 Å². The molecule has 0 atom stereocenters. The summed E-state index contributed by atoms with van der Waals surface area (Å²) in [6.07, 6.45) is -0.225. The van der Waals surface area contributed by atoms with Crippen LogP contribution in [0.5, 0.6) is 0 Å². The third-order valence-corrected chi connectivity index (χ3v) is 3.07. The fourth-order valence-electron chi connectivity index (χ4n) is 1.82. The molecule has 0 aliphatic heterocycles. The molecular weight excluding hydrogens is 272 g/mol. The number of carbonyl (C=O) groups excluding carboxylic acids is 1. The Morgan fingerprint density at radius 3 is 2.45 bits per heavy atom. The smallest absolute Gasteiger partial charge is 0.333 e. The molecule has 8 heteroatoms. The second-order valence-corrected chi connectivity index (χ2v) is 4.51. The minimum Gasteiger partial charge on any atom is -0.481 e. The molecule has 1 amide bonds. The average molecular weight is 289 g/mol. The molecule has 20 heavy (non-hydrogen) atoms. The number of nitrogens with zero attached hydrogens (tertiary/aromatic N) is 3. The molecule has 0 aromatic carbocycles. The molecule has 0 saturated heterocycles. The first-order chi connectivity index (χ1) is 9.23. The monoisotopic (exact) mass is 289 g/mol. The summed E-state index contributed by atoms with van der Waals surface area (Å²) < 4.78 is 25.9. The highest BCUT2D eigenvalue weighted by Gasteiger charge is 2.20. The van der Waals surface area contributed by atoms with E-state index in [4.69, 9.17) is 5.11 Å². The van der Waals surface area contributed by atoms with Crippen LogP contribution in [0.3, 0.4) is 0 Å². The molecule has 0 spiro atoms. The van der Waals surface area contributed by atoms with E-state index >= 15 is 0 Å². The number of halogens is 2. The molecule has 112 valence electrons. The normalized spacial score (nSPS) is 10.9. The van der Waals surface area contributed by atoms with Gasteiger partial charge in [-0.2, -0.15) is 13.9 Å². The largest absolute Gasteiger partial charge is 0.481 e. The van der Waals surface area contributed by atoms with Crippen molar-refractivity contribution in [2.24, 2.45) is 0 Å². The van der Waals surface area contributed by atoms with Crippen LogP contribution < -0.4 is 0 Å². The number of hydrogen-bond acceptors (Lipinski definition) is 3. The van der Waals surface area contributed by atoms with Crippen LogP contribution in [0, 0.1) is 13.8 Å². The molecule has 0 aliphatic carbocycles. The number of carboxylic acid groups (broad SMARTS) is 1. The second-order valence-electron chi connectivity index (χ2n) is 4.51. The lowest BCUT2D eigenvalue weighted by atomic mass is 10.1. The van der Waals surface area contributed by atoms with E-state index in [1.807, 2.05) is 0 Å². The van der Waals surface area contributed by atoms with Gasteiger partial charge in [-0.05, 0) is 13.8 Å². The first-order valence-electron chi connectivity index (χ1n) is 6.02. The fraction of sp³-hybridized carbons (Fsp3) is 0.583. The van der Waals surface area contributed by atoms with E-state index in [0.717, 1.165) is 0 Å². The number of amides is 1. The van der Waals surface area contributed by atoms with E-state index in [9.17, 15) is 18.4 Å².